The van der Waals surface area contributed by atoms with Gasteiger partial charge in [0, 0.05) is 25.4 Å². The van der Waals surface area contributed by atoms with Crippen molar-refractivity contribution < 1.29 is 4.79 Å². The van der Waals surface area contributed by atoms with Gasteiger partial charge in [-0.05, 0) is 24.3 Å². The van der Waals surface area contributed by atoms with E-state index in [0.717, 1.165) is 11.3 Å². The van der Waals surface area contributed by atoms with E-state index in [-0.39, 0.29) is 17.7 Å². The lowest BCUT2D eigenvalue weighted by molar-refractivity contribution is -0.119. The third-order valence-electron chi connectivity index (χ3n) is 3.03. The maximum atomic E-state index is 11.9. The number of thioether (sulfide) groups is 1. The highest BCUT2D eigenvalue weighted by Gasteiger charge is 2.15. The van der Waals surface area contributed by atoms with Crippen LogP contribution in [0.1, 0.15) is 24.2 Å². The van der Waals surface area contributed by atoms with Crippen LogP contribution < -0.4 is 5.32 Å². The van der Waals surface area contributed by atoms with Crippen LogP contribution in [0.3, 0.4) is 0 Å². The van der Waals surface area contributed by atoms with Crippen LogP contribution >= 0.6 is 11.8 Å². The van der Waals surface area contributed by atoms with Crippen LogP contribution in [-0.2, 0) is 18.9 Å². The Labute approximate surface area is 120 Å². The molecule has 1 unspecified atom stereocenters. The highest BCUT2D eigenvalue weighted by molar-refractivity contribution is 7.99. The number of nitrogens with one attached hydrogen (secondary N) is 1. The quantitative estimate of drug-likeness (QED) is 0.794. The van der Waals surface area contributed by atoms with E-state index >= 15 is 0 Å². The molecule has 2 aromatic rings. The smallest absolute Gasteiger partial charge is 0.230 e. The van der Waals surface area contributed by atoms with Gasteiger partial charge in [-0.2, -0.15) is 5.10 Å². The van der Waals surface area contributed by atoms with E-state index in [1.165, 1.54) is 16.4 Å². The summed E-state index contributed by atoms with van der Waals surface area (Å²) >= 11 is 1.30. The normalized spacial score (nSPS) is 12.4. The summed E-state index contributed by atoms with van der Waals surface area (Å²) in [5, 5.41) is 18.8. The monoisotopic (exact) mass is 295 g/mol. The van der Waals surface area contributed by atoms with E-state index in [9.17, 15) is 4.79 Å². The van der Waals surface area contributed by atoms with Crippen molar-refractivity contribution in [2.24, 2.45) is 14.1 Å². The number of carbonyl (C=O) groups is 1. The van der Waals surface area contributed by atoms with Gasteiger partial charge in [-0.15, -0.1) is 5.10 Å². The topological polar surface area (TPSA) is 90.5 Å². The summed E-state index contributed by atoms with van der Waals surface area (Å²) < 4.78 is 3.32. The average Bonchev–Trinajstić information content (AvgIpc) is 2.95. The Kier molecular flexibility index (Phi) is 4.38. The van der Waals surface area contributed by atoms with Gasteiger partial charge >= 0.3 is 0 Å². The van der Waals surface area contributed by atoms with Gasteiger partial charge in [-0.3, -0.25) is 9.48 Å². The molecule has 0 aromatic carbocycles. The van der Waals surface area contributed by atoms with E-state index in [4.69, 9.17) is 0 Å². The van der Waals surface area contributed by atoms with Crippen molar-refractivity contribution in [3.8, 4) is 0 Å². The molecule has 8 nitrogen and oxygen atoms in total. The van der Waals surface area contributed by atoms with Crippen molar-refractivity contribution in [2.75, 3.05) is 5.75 Å². The van der Waals surface area contributed by atoms with Crippen molar-refractivity contribution in [1.29, 1.82) is 0 Å². The molecule has 0 aliphatic rings. The fourth-order valence-electron chi connectivity index (χ4n) is 1.78. The van der Waals surface area contributed by atoms with E-state index in [2.05, 4.69) is 25.9 Å². The first kappa shape index (κ1) is 14.5. The Morgan fingerprint density at radius 1 is 1.45 bits per heavy atom. The van der Waals surface area contributed by atoms with Gasteiger partial charge in [0.15, 0.2) is 0 Å². The molecule has 0 spiro atoms. The summed E-state index contributed by atoms with van der Waals surface area (Å²) in [7, 11) is 3.62. The fraction of sp³-hybridized carbons (Fsp3) is 0.545. The molecule has 108 valence electrons. The number of hydrogen-bond acceptors (Lipinski definition) is 6. The number of amides is 1. The number of hydrogen-bond donors (Lipinski definition) is 1. The Bertz CT molecular complexity index is 606. The number of carbonyl (C=O) groups excluding carboxylic acids is 1. The molecule has 0 saturated carbocycles. The molecule has 0 saturated heterocycles. The maximum Gasteiger partial charge on any atom is 0.230 e. The van der Waals surface area contributed by atoms with E-state index < -0.39 is 0 Å². The summed E-state index contributed by atoms with van der Waals surface area (Å²) in [6, 6.07) is -0.0746. The van der Waals surface area contributed by atoms with Crippen LogP contribution in [0.4, 0.5) is 0 Å². The predicted octanol–water partition coefficient (Wildman–Crippen LogP) is 0.222. The number of rotatable bonds is 5. The summed E-state index contributed by atoms with van der Waals surface area (Å²) in [6.45, 7) is 3.92. The highest BCUT2D eigenvalue weighted by Crippen LogP contribution is 2.17. The Morgan fingerprint density at radius 2 is 2.20 bits per heavy atom. The summed E-state index contributed by atoms with van der Waals surface area (Å²) in [5.41, 5.74) is 2.06. The minimum absolute atomic E-state index is 0.0613. The van der Waals surface area contributed by atoms with Gasteiger partial charge in [-0.1, -0.05) is 11.8 Å². The van der Waals surface area contributed by atoms with Crippen LogP contribution in [0.15, 0.2) is 11.4 Å². The van der Waals surface area contributed by atoms with Crippen LogP contribution in [0.5, 0.6) is 0 Å². The number of aryl methyl sites for hydroxylation is 2. The summed E-state index contributed by atoms with van der Waals surface area (Å²) in [6.07, 6.45) is 1.78. The molecule has 0 fully saturated rings. The number of nitrogens with zero attached hydrogens (tertiary/aromatic N) is 6. The lowest BCUT2D eigenvalue weighted by Gasteiger charge is -2.13. The van der Waals surface area contributed by atoms with Gasteiger partial charge in [-0.25, -0.2) is 4.68 Å². The van der Waals surface area contributed by atoms with E-state index in [1.807, 2.05) is 20.9 Å². The second-order valence-electron chi connectivity index (χ2n) is 4.47. The molecule has 0 aliphatic carbocycles. The maximum absolute atomic E-state index is 11.9. The molecule has 2 heterocycles. The average molecular weight is 295 g/mol. The van der Waals surface area contributed by atoms with E-state index in [0.29, 0.717) is 5.16 Å². The third kappa shape index (κ3) is 3.16. The largest absolute Gasteiger partial charge is 0.349 e. The fourth-order valence-corrected chi connectivity index (χ4v) is 2.44. The standard InChI is InChI=1S/C11H17N7OS/c1-7(9-5-12-17(3)8(9)2)13-10(19)6-20-11-14-15-16-18(11)4/h5,7H,6H2,1-4H3,(H,13,19). The summed E-state index contributed by atoms with van der Waals surface area (Å²) in [4.78, 5) is 11.9. The lowest BCUT2D eigenvalue weighted by Crippen LogP contribution is -2.28. The molecule has 1 amide bonds. The second kappa shape index (κ2) is 6.04. The van der Waals surface area contributed by atoms with E-state index in [1.54, 1.807) is 17.9 Å². The van der Waals surface area contributed by atoms with Crippen LogP contribution in [0.25, 0.3) is 0 Å². The zero-order valence-corrected chi connectivity index (χ0v) is 12.7. The molecule has 1 N–H and O–H groups in total. The molecular formula is C11H17N7OS. The van der Waals surface area contributed by atoms with Crippen LogP contribution in [-0.4, -0.2) is 41.6 Å². The van der Waals surface area contributed by atoms with Crippen LogP contribution in [0.2, 0.25) is 0 Å². The third-order valence-corrected chi connectivity index (χ3v) is 4.04. The zero-order chi connectivity index (χ0) is 14.7. The second-order valence-corrected chi connectivity index (χ2v) is 5.41. The van der Waals surface area contributed by atoms with Crippen molar-refractivity contribution in [3.05, 3.63) is 17.5 Å². The van der Waals surface area contributed by atoms with Gasteiger partial charge in [0.1, 0.15) is 0 Å². The molecule has 2 rings (SSSR count). The minimum Gasteiger partial charge on any atom is -0.349 e. The van der Waals surface area contributed by atoms with Crippen LogP contribution in [0, 0.1) is 6.92 Å². The first-order valence-corrected chi connectivity index (χ1v) is 7.10. The molecule has 0 bridgehead atoms. The number of tetrazole rings is 1. The van der Waals surface area contributed by atoms with Crippen molar-refractivity contribution in [1.82, 2.24) is 35.3 Å². The Morgan fingerprint density at radius 3 is 2.75 bits per heavy atom. The predicted molar refractivity (Wildman–Crippen MR) is 74.0 cm³/mol. The van der Waals surface area contributed by atoms with Gasteiger partial charge < -0.3 is 5.32 Å². The molecule has 20 heavy (non-hydrogen) atoms. The Hall–Kier alpha value is -1.90. The lowest BCUT2D eigenvalue weighted by atomic mass is 10.1. The SMILES string of the molecule is Cc1c(C(C)NC(=O)CSc2nnnn2C)cnn1C. The summed E-state index contributed by atoms with van der Waals surface area (Å²) in [5.74, 6) is 0.214. The van der Waals surface area contributed by atoms with Crippen molar-refractivity contribution in [2.45, 2.75) is 25.0 Å². The first-order valence-electron chi connectivity index (χ1n) is 6.12. The van der Waals surface area contributed by atoms with Gasteiger partial charge in [0.05, 0.1) is 18.0 Å². The Balaban J connectivity index is 1.88. The molecular weight excluding hydrogens is 278 g/mol. The highest BCUT2D eigenvalue weighted by atomic mass is 32.2. The molecule has 2 aromatic heterocycles. The van der Waals surface area contributed by atoms with Crippen molar-refractivity contribution in [3.63, 3.8) is 0 Å². The minimum atomic E-state index is -0.0746. The van der Waals surface area contributed by atoms with Gasteiger partial charge in [0.25, 0.3) is 0 Å². The molecule has 1 atom stereocenters. The first-order chi connectivity index (χ1) is 9.49. The van der Waals surface area contributed by atoms with Gasteiger partial charge in [0.2, 0.25) is 11.1 Å². The van der Waals surface area contributed by atoms with Crippen molar-refractivity contribution >= 4 is 17.7 Å². The zero-order valence-electron chi connectivity index (χ0n) is 11.9. The number of aromatic nitrogens is 6. The molecule has 0 aliphatic heterocycles. The molecule has 0 radical (unpaired) electrons. The molecule has 9 heteroatoms.